The molecule has 4 nitrogen and oxygen atoms in total. The van der Waals surface area contributed by atoms with Gasteiger partial charge in [-0.2, -0.15) is 5.26 Å². The summed E-state index contributed by atoms with van der Waals surface area (Å²) in [4.78, 5) is 5.82. The van der Waals surface area contributed by atoms with Gasteiger partial charge in [0.05, 0.1) is 17.7 Å². The number of anilines is 1. The summed E-state index contributed by atoms with van der Waals surface area (Å²) >= 11 is 0. The molecule has 2 atom stereocenters. The van der Waals surface area contributed by atoms with Crippen LogP contribution >= 0.6 is 0 Å². The second kappa shape index (κ2) is 5.70. The quantitative estimate of drug-likeness (QED) is 0.926. The van der Waals surface area contributed by atoms with Crippen molar-refractivity contribution in [3.63, 3.8) is 0 Å². The maximum Gasteiger partial charge on any atom is 0.147 e. The summed E-state index contributed by atoms with van der Waals surface area (Å²) < 4.78 is 27.5. The molecule has 2 aromatic rings. The fraction of sp³-hybridized carbons (Fsp3) is 0.250. The Labute approximate surface area is 126 Å². The number of nitrogens with zero attached hydrogens (tertiary/aromatic N) is 3. The number of nitriles is 1. The van der Waals surface area contributed by atoms with E-state index in [1.807, 2.05) is 6.07 Å². The van der Waals surface area contributed by atoms with Crippen LogP contribution in [0, 0.1) is 23.0 Å². The van der Waals surface area contributed by atoms with Gasteiger partial charge in [0.25, 0.3) is 0 Å². The molecule has 1 fully saturated rings. The second-order valence-corrected chi connectivity index (χ2v) is 5.21. The minimum absolute atomic E-state index is 0.158. The smallest absolute Gasteiger partial charge is 0.147 e. The van der Waals surface area contributed by atoms with Crippen LogP contribution in [0.1, 0.15) is 23.6 Å². The maximum atomic E-state index is 14.1. The van der Waals surface area contributed by atoms with Crippen molar-refractivity contribution in [3.05, 3.63) is 59.3 Å². The number of aromatic nitrogens is 1. The van der Waals surface area contributed by atoms with Crippen LogP contribution < -0.4 is 4.90 Å². The SMILES string of the molecule is N#Cc1cccnc1N1C[C@H](O)C[C@H]1c1cc(F)ccc1F. The molecule has 1 saturated heterocycles. The van der Waals surface area contributed by atoms with Gasteiger partial charge in [0.15, 0.2) is 0 Å². The van der Waals surface area contributed by atoms with E-state index in [0.29, 0.717) is 11.4 Å². The number of aliphatic hydroxyl groups is 1. The van der Waals surface area contributed by atoms with Gasteiger partial charge < -0.3 is 10.0 Å². The van der Waals surface area contributed by atoms with Gasteiger partial charge in [0, 0.05) is 18.3 Å². The molecule has 1 aliphatic heterocycles. The largest absolute Gasteiger partial charge is 0.391 e. The van der Waals surface area contributed by atoms with Gasteiger partial charge >= 0.3 is 0 Å². The Balaban J connectivity index is 2.07. The van der Waals surface area contributed by atoms with Gasteiger partial charge in [-0.3, -0.25) is 0 Å². The van der Waals surface area contributed by atoms with E-state index in [-0.39, 0.29) is 18.5 Å². The summed E-state index contributed by atoms with van der Waals surface area (Å²) in [6.45, 7) is 0.215. The first-order valence-electron chi connectivity index (χ1n) is 6.85. The zero-order valence-corrected chi connectivity index (χ0v) is 11.6. The normalized spacial score (nSPS) is 20.9. The molecule has 0 amide bonds. The number of rotatable bonds is 2. The molecule has 3 rings (SSSR count). The van der Waals surface area contributed by atoms with Gasteiger partial charge in [0.1, 0.15) is 23.5 Å². The highest BCUT2D eigenvalue weighted by atomic mass is 19.1. The van der Waals surface area contributed by atoms with Crippen LogP contribution in [0.4, 0.5) is 14.6 Å². The van der Waals surface area contributed by atoms with Crippen molar-refractivity contribution in [3.8, 4) is 6.07 Å². The summed E-state index contributed by atoms with van der Waals surface area (Å²) in [6.07, 6.45) is 1.09. The van der Waals surface area contributed by atoms with Crippen LogP contribution in [-0.4, -0.2) is 22.7 Å². The molecule has 2 heterocycles. The Morgan fingerprint density at radius 2 is 2.14 bits per heavy atom. The number of aliphatic hydroxyl groups excluding tert-OH is 1. The molecule has 22 heavy (non-hydrogen) atoms. The van der Waals surface area contributed by atoms with Crippen molar-refractivity contribution in [2.75, 3.05) is 11.4 Å². The fourth-order valence-electron chi connectivity index (χ4n) is 2.83. The topological polar surface area (TPSA) is 60.2 Å². The molecule has 1 aromatic carbocycles. The molecule has 0 saturated carbocycles. The molecule has 0 unspecified atom stereocenters. The molecule has 1 aliphatic rings. The van der Waals surface area contributed by atoms with Crippen LogP contribution in [0.15, 0.2) is 36.5 Å². The van der Waals surface area contributed by atoms with Gasteiger partial charge in [-0.05, 0) is 36.8 Å². The van der Waals surface area contributed by atoms with E-state index in [4.69, 9.17) is 0 Å². The first-order valence-corrected chi connectivity index (χ1v) is 6.85. The highest BCUT2D eigenvalue weighted by molar-refractivity contribution is 5.56. The predicted octanol–water partition coefficient (Wildman–Crippen LogP) is 2.54. The third kappa shape index (κ3) is 2.51. The van der Waals surface area contributed by atoms with E-state index in [1.54, 1.807) is 17.0 Å². The van der Waals surface area contributed by atoms with Gasteiger partial charge in [-0.15, -0.1) is 0 Å². The first-order chi connectivity index (χ1) is 10.6. The maximum absolute atomic E-state index is 14.1. The van der Waals surface area contributed by atoms with Crippen LogP contribution in [0.2, 0.25) is 0 Å². The van der Waals surface area contributed by atoms with Crippen molar-refractivity contribution < 1.29 is 13.9 Å². The van der Waals surface area contributed by atoms with Gasteiger partial charge in [0.2, 0.25) is 0 Å². The first kappa shape index (κ1) is 14.4. The Morgan fingerprint density at radius 3 is 2.91 bits per heavy atom. The number of hydrogen-bond donors (Lipinski definition) is 1. The van der Waals surface area contributed by atoms with E-state index < -0.39 is 23.8 Å². The molecule has 0 aliphatic carbocycles. The highest BCUT2D eigenvalue weighted by Gasteiger charge is 2.35. The van der Waals surface area contributed by atoms with E-state index in [2.05, 4.69) is 4.98 Å². The van der Waals surface area contributed by atoms with Crippen molar-refractivity contribution in [1.29, 1.82) is 5.26 Å². The molecule has 0 bridgehead atoms. The molecular weight excluding hydrogens is 288 g/mol. The Hall–Kier alpha value is -2.52. The average molecular weight is 301 g/mol. The summed E-state index contributed by atoms with van der Waals surface area (Å²) in [5, 5.41) is 19.1. The number of halogens is 2. The molecule has 1 N–H and O–H groups in total. The van der Waals surface area contributed by atoms with E-state index in [0.717, 1.165) is 18.2 Å². The summed E-state index contributed by atoms with van der Waals surface area (Å²) in [6, 6.07) is 7.95. The molecule has 112 valence electrons. The molecular formula is C16H13F2N3O. The third-order valence-electron chi connectivity index (χ3n) is 3.78. The van der Waals surface area contributed by atoms with Crippen molar-refractivity contribution in [2.45, 2.75) is 18.6 Å². The summed E-state index contributed by atoms with van der Waals surface area (Å²) in [5.74, 6) is -0.714. The number of hydrogen-bond acceptors (Lipinski definition) is 4. The Kier molecular flexibility index (Phi) is 3.73. The predicted molar refractivity (Wildman–Crippen MR) is 76.0 cm³/mol. The number of pyridine rings is 1. The van der Waals surface area contributed by atoms with Gasteiger partial charge in [-0.1, -0.05) is 0 Å². The molecule has 1 aromatic heterocycles. The van der Waals surface area contributed by atoms with Crippen LogP contribution in [0.3, 0.4) is 0 Å². The zero-order chi connectivity index (χ0) is 15.7. The zero-order valence-electron chi connectivity index (χ0n) is 11.6. The van der Waals surface area contributed by atoms with Crippen molar-refractivity contribution in [2.24, 2.45) is 0 Å². The summed E-state index contributed by atoms with van der Waals surface area (Å²) in [5.41, 5.74) is 0.490. The minimum atomic E-state index is -0.693. The van der Waals surface area contributed by atoms with Crippen molar-refractivity contribution >= 4 is 5.82 Å². The lowest BCUT2D eigenvalue weighted by Crippen LogP contribution is -2.26. The highest BCUT2D eigenvalue weighted by Crippen LogP contribution is 2.37. The molecule has 0 spiro atoms. The minimum Gasteiger partial charge on any atom is -0.391 e. The lowest BCUT2D eigenvalue weighted by Gasteiger charge is -2.26. The Morgan fingerprint density at radius 1 is 1.32 bits per heavy atom. The lowest BCUT2D eigenvalue weighted by molar-refractivity contribution is 0.194. The fourth-order valence-corrected chi connectivity index (χ4v) is 2.83. The summed E-state index contributed by atoms with van der Waals surface area (Å²) in [7, 11) is 0. The molecule has 6 heteroatoms. The molecule has 0 radical (unpaired) electrons. The van der Waals surface area contributed by atoms with Gasteiger partial charge in [-0.25, -0.2) is 13.8 Å². The van der Waals surface area contributed by atoms with E-state index in [9.17, 15) is 19.1 Å². The lowest BCUT2D eigenvalue weighted by atomic mass is 10.0. The van der Waals surface area contributed by atoms with Crippen LogP contribution in [0.25, 0.3) is 0 Å². The van der Waals surface area contributed by atoms with E-state index >= 15 is 0 Å². The standard InChI is InChI=1S/C16H13F2N3O/c17-11-3-4-14(18)13(6-11)15-7-12(22)9-21(15)16-10(8-19)2-1-5-20-16/h1-6,12,15,22H,7,9H2/t12-,15+/m1/s1. The Bertz CT molecular complexity index is 744. The van der Waals surface area contributed by atoms with Crippen molar-refractivity contribution in [1.82, 2.24) is 4.98 Å². The average Bonchev–Trinajstić information content (AvgIpc) is 2.91. The van der Waals surface area contributed by atoms with Crippen LogP contribution in [-0.2, 0) is 0 Å². The second-order valence-electron chi connectivity index (χ2n) is 5.21. The number of β-amino-alcohol motifs (C(OH)–C–C–N with tert-alkyl or cyclic N) is 1. The van der Waals surface area contributed by atoms with Crippen LogP contribution in [0.5, 0.6) is 0 Å². The monoisotopic (exact) mass is 301 g/mol. The third-order valence-corrected chi connectivity index (χ3v) is 3.78. The number of benzene rings is 1. The van der Waals surface area contributed by atoms with E-state index in [1.165, 1.54) is 6.20 Å².